The van der Waals surface area contributed by atoms with Gasteiger partial charge in [-0.25, -0.2) is 9.59 Å². The van der Waals surface area contributed by atoms with E-state index in [0.717, 1.165) is 12.1 Å². The summed E-state index contributed by atoms with van der Waals surface area (Å²) in [5.74, 6) is 0.130. The predicted molar refractivity (Wildman–Crippen MR) is 64.6 cm³/mol. The van der Waals surface area contributed by atoms with Crippen molar-refractivity contribution in [2.75, 3.05) is 6.61 Å². The first-order chi connectivity index (χ1) is 9.16. The van der Waals surface area contributed by atoms with Crippen molar-refractivity contribution in [3.63, 3.8) is 0 Å². The normalized spacial score (nSPS) is 9.90. The standard InChI is InChI=1S/C9H10O6S.CH2O3/c1-2-14-9(10)15-7-3-5-8(6-4-7)16(11,12)13;2-1(3)4/h3-6H,2H2,1H3,(H,11,12,13);(H2,2,3,4). The van der Waals surface area contributed by atoms with Crippen molar-refractivity contribution in [3.8, 4) is 5.75 Å². The Labute approximate surface area is 114 Å². The molecule has 1 aromatic carbocycles. The molecule has 20 heavy (non-hydrogen) atoms. The molecule has 0 bridgehead atoms. The summed E-state index contributed by atoms with van der Waals surface area (Å²) >= 11 is 0. The lowest BCUT2D eigenvalue weighted by Gasteiger charge is -2.04. The molecule has 0 atom stereocenters. The maximum atomic E-state index is 10.9. The van der Waals surface area contributed by atoms with E-state index in [1.807, 2.05) is 0 Å². The van der Waals surface area contributed by atoms with Crippen LogP contribution in [0.4, 0.5) is 9.59 Å². The highest BCUT2D eigenvalue weighted by molar-refractivity contribution is 7.85. The van der Waals surface area contributed by atoms with Crippen molar-refractivity contribution in [2.45, 2.75) is 11.8 Å². The van der Waals surface area contributed by atoms with Gasteiger partial charge < -0.3 is 19.7 Å². The summed E-state index contributed by atoms with van der Waals surface area (Å²) in [6.45, 7) is 1.81. The number of hydrogen-bond acceptors (Lipinski definition) is 6. The molecule has 9 nitrogen and oxygen atoms in total. The summed E-state index contributed by atoms with van der Waals surface area (Å²) in [6.07, 6.45) is -2.71. The first kappa shape index (κ1) is 17.7. The third-order valence-electron chi connectivity index (χ3n) is 1.58. The van der Waals surface area contributed by atoms with Crippen LogP contribution in [0.1, 0.15) is 6.92 Å². The summed E-state index contributed by atoms with van der Waals surface area (Å²) in [4.78, 5) is 19.2. The van der Waals surface area contributed by atoms with Crippen LogP contribution >= 0.6 is 0 Å². The summed E-state index contributed by atoms with van der Waals surface area (Å²) < 4.78 is 39.3. The van der Waals surface area contributed by atoms with E-state index >= 15 is 0 Å². The third-order valence-corrected chi connectivity index (χ3v) is 2.45. The maximum absolute atomic E-state index is 10.9. The summed E-state index contributed by atoms with van der Waals surface area (Å²) in [7, 11) is -4.23. The molecule has 0 radical (unpaired) electrons. The van der Waals surface area contributed by atoms with Crippen molar-refractivity contribution in [2.24, 2.45) is 0 Å². The molecule has 0 aliphatic rings. The van der Waals surface area contributed by atoms with Crippen LogP contribution in [0.25, 0.3) is 0 Å². The SMILES string of the molecule is CCOC(=O)Oc1ccc(S(=O)(=O)O)cc1.O=C(O)O. The molecule has 0 amide bonds. The molecule has 0 aromatic heterocycles. The van der Waals surface area contributed by atoms with E-state index in [0.29, 0.717) is 0 Å². The number of carbonyl (C=O) groups excluding carboxylic acids is 1. The van der Waals surface area contributed by atoms with Crippen LogP contribution in [0.2, 0.25) is 0 Å². The average molecular weight is 308 g/mol. The van der Waals surface area contributed by atoms with Crippen LogP contribution in [0.5, 0.6) is 5.75 Å². The van der Waals surface area contributed by atoms with Crippen molar-refractivity contribution < 1.29 is 42.2 Å². The molecule has 112 valence electrons. The zero-order chi connectivity index (χ0) is 15.8. The molecule has 1 aromatic rings. The van der Waals surface area contributed by atoms with E-state index in [2.05, 4.69) is 9.47 Å². The van der Waals surface area contributed by atoms with Crippen molar-refractivity contribution >= 4 is 22.4 Å². The van der Waals surface area contributed by atoms with E-state index in [4.69, 9.17) is 19.6 Å². The second-order valence-electron chi connectivity index (χ2n) is 3.01. The van der Waals surface area contributed by atoms with Gasteiger partial charge in [-0.05, 0) is 31.2 Å². The molecule has 0 aliphatic carbocycles. The third kappa shape index (κ3) is 7.89. The van der Waals surface area contributed by atoms with E-state index in [9.17, 15) is 13.2 Å². The highest BCUT2D eigenvalue weighted by Gasteiger charge is 2.10. The second kappa shape index (κ2) is 7.96. The molecule has 0 heterocycles. The maximum Gasteiger partial charge on any atom is 0.513 e. The Morgan fingerprint density at radius 2 is 1.60 bits per heavy atom. The molecule has 0 aliphatic heterocycles. The largest absolute Gasteiger partial charge is 0.513 e. The quantitative estimate of drug-likeness (QED) is 0.431. The Hall–Kier alpha value is -2.33. The lowest BCUT2D eigenvalue weighted by atomic mass is 10.3. The summed E-state index contributed by atoms with van der Waals surface area (Å²) in [5, 5.41) is 13.9. The molecule has 0 saturated carbocycles. The van der Waals surface area contributed by atoms with Gasteiger partial charge in [-0.3, -0.25) is 4.55 Å². The molecule has 10 heteroatoms. The summed E-state index contributed by atoms with van der Waals surface area (Å²) in [5.41, 5.74) is 0. The Kier molecular flexibility index (Phi) is 7.04. The Morgan fingerprint density at radius 3 is 1.95 bits per heavy atom. The first-order valence-corrected chi connectivity index (χ1v) is 6.45. The zero-order valence-corrected chi connectivity index (χ0v) is 11.0. The topological polar surface area (TPSA) is 147 Å². The number of ether oxygens (including phenoxy) is 2. The molecular weight excluding hydrogens is 296 g/mol. The number of benzene rings is 1. The Balaban J connectivity index is 0.000000796. The van der Waals surface area contributed by atoms with Gasteiger partial charge in [0.05, 0.1) is 11.5 Å². The van der Waals surface area contributed by atoms with Gasteiger partial charge in [0.2, 0.25) is 0 Å². The molecule has 1 rings (SSSR count). The molecule has 3 N–H and O–H groups in total. The molecule has 0 fully saturated rings. The second-order valence-corrected chi connectivity index (χ2v) is 4.44. The van der Waals surface area contributed by atoms with Crippen LogP contribution in [-0.4, -0.2) is 42.1 Å². The van der Waals surface area contributed by atoms with Gasteiger partial charge >= 0.3 is 12.3 Å². The van der Waals surface area contributed by atoms with E-state index < -0.39 is 22.4 Å². The van der Waals surface area contributed by atoms with Crippen LogP contribution < -0.4 is 4.74 Å². The number of carboxylic acid groups (broad SMARTS) is 2. The molecule has 0 unspecified atom stereocenters. The highest BCUT2D eigenvalue weighted by Crippen LogP contribution is 2.15. The van der Waals surface area contributed by atoms with Gasteiger partial charge in [-0.2, -0.15) is 8.42 Å². The fourth-order valence-corrected chi connectivity index (χ4v) is 1.40. The van der Waals surface area contributed by atoms with E-state index in [1.165, 1.54) is 12.1 Å². The zero-order valence-electron chi connectivity index (χ0n) is 10.2. The minimum Gasteiger partial charge on any atom is -0.450 e. The fraction of sp³-hybridized carbons (Fsp3) is 0.200. The van der Waals surface area contributed by atoms with E-state index in [-0.39, 0.29) is 17.3 Å². The Bertz CT molecular complexity index is 543. The summed E-state index contributed by atoms with van der Waals surface area (Å²) in [6, 6.07) is 4.70. The van der Waals surface area contributed by atoms with Crippen molar-refractivity contribution in [1.29, 1.82) is 0 Å². The van der Waals surface area contributed by atoms with Gasteiger partial charge in [-0.1, -0.05) is 0 Å². The van der Waals surface area contributed by atoms with Crippen LogP contribution in [-0.2, 0) is 14.9 Å². The van der Waals surface area contributed by atoms with Crippen LogP contribution in [0.3, 0.4) is 0 Å². The molecule has 0 saturated heterocycles. The minimum absolute atomic E-state index is 0.130. The molecule has 0 spiro atoms. The van der Waals surface area contributed by atoms with Crippen LogP contribution in [0.15, 0.2) is 29.2 Å². The number of hydrogen-bond donors (Lipinski definition) is 3. The predicted octanol–water partition coefficient (Wildman–Crippen LogP) is 1.69. The lowest BCUT2D eigenvalue weighted by Crippen LogP contribution is -2.10. The van der Waals surface area contributed by atoms with Gasteiger partial charge in [0.25, 0.3) is 10.1 Å². The molecular formula is C10H12O9S. The minimum atomic E-state index is -4.23. The van der Waals surface area contributed by atoms with Crippen molar-refractivity contribution in [3.05, 3.63) is 24.3 Å². The van der Waals surface area contributed by atoms with Crippen LogP contribution in [0, 0.1) is 0 Å². The van der Waals surface area contributed by atoms with Crippen molar-refractivity contribution in [1.82, 2.24) is 0 Å². The number of carbonyl (C=O) groups is 2. The smallest absolute Gasteiger partial charge is 0.450 e. The monoisotopic (exact) mass is 308 g/mol. The van der Waals surface area contributed by atoms with E-state index in [1.54, 1.807) is 6.92 Å². The average Bonchev–Trinajstić information content (AvgIpc) is 2.27. The first-order valence-electron chi connectivity index (χ1n) is 5.01. The van der Waals surface area contributed by atoms with Gasteiger partial charge in [-0.15, -0.1) is 0 Å². The lowest BCUT2D eigenvalue weighted by molar-refractivity contribution is 0.104. The van der Waals surface area contributed by atoms with Gasteiger partial charge in [0.1, 0.15) is 5.75 Å². The van der Waals surface area contributed by atoms with Gasteiger partial charge in [0.15, 0.2) is 0 Å². The fourth-order valence-electron chi connectivity index (χ4n) is 0.923. The highest BCUT2D eigenvalue weighted by atomic mass is 32.2. The Morgan fingerprint density at radius 1 is 1.15 bits per heavy atom. The number of rotatable bonds is 3. The van der Waals surface area contributed by atoms with Gasteiger partial charge in [0, 0.05) is 0 Å².